The second-order valence-corrected chi connectivity index (χ2v) is 10.8. The molecule has 0 aliphatic heterocycles. The normalized spacial score (nSPS) is 22.9. The molecule has 2 N–H and O–H groups in total. The first-order valence-electron chi connectivity index (χ1n) is 10.0. The summed E-state index contributed by atoms with van der Waals surface area (Å²) in [6.07, 6.45) is 7.72. The van der Waals surface area contributed by atoms with Crippen LogP contribution >= 0.6 is 22.7 Å². The first kappa shape index (κ1) is 20.3. The Morgan fingerprint density at radius 2 is 1.97 bits per heavy atom. The molecule has 2 aromatic heterocycles. The number of anilines is 1. The Morgan fingerprint density at radius 1 is 1.24 bits per heavy atom. The molecule has 0 bridgehead atoms. The number of thiazole rings is 1. The fraction of sp³-hybridized carbons (Fsp3) is 0.500. The van der Waals surface area contributed by atoms with Crippen LogP contribution in [0.25, 0.3) is 10.6 Å². The van der Waals surface area contributed by atoms with Crippen molar-refractivity contribution in [2.75, 3.05) is 5.32 Å². The molecule has 154 valence electrons. The SMILES string of the molecule is Cc1csc(-c2c(NC(=O)C3CC=CCC3C(=O)O)sc3c2CCC(C)(C)C3)n1. The third kappa shape index (κ3) is 4.03. The number of aliphatic carboxylic acids is 1. The Bertz CT molecular complexity index is 986. The van der Waals surface area contributed by atoms with E-state index in [-0.39, 0.29) is 11.3 Å². The number of nitrogens with zero attached hydrogens (tertiary/aromatic N) is 1. The highest BCUT2D eigenvalue weighted by Crippen LogP contribution is 2.48. The smallest absolute Gasteiger partial charge is 0.307 e. The summed E-state index contributed by atoms with van der Waals surface area (Å²) in [5, 5.41) is 16.4. The van der Waals surface area contributed by atoms with Gasteiger partial charge in [0.15, 0.2) is 0 Å². The predicted octanol–water partition coefficient (Wildman–Crippen LogP) is 5.30. The van der Waals surface area contributed by atoms with Crippen molar-refractivity contribution < 1.29 is 14.7 Å². The van der Waals surface area contributed by atoms with E-state index in [0.29, 0.717) is 12.8 Å². The van der Waals surface area contributed by atoms with Crippen molar-refractivity contribution in [1.82, 2.24) is 4.98 Å². The molecule has 29 heavy (non-hydrogen) atoms. The number of aromatic nitrogens is 1. The van der Waals surface area contributed by atoms with Crippen molar-refractivity contribution in [1.29, 1.82) is 0 Å². The molecule has 4 rings (SSSR count). The van der Waals surface area contributed by atoms with E-state index in [1.54, 1.807) is 22.7 Å². The molecule has 0 aromatic carbocycles. The van der Waals surface area contributed by atoms with Crippen LogP contribution in [-0.4, -0.2) is 22.0 Å². The van der Waals surface area contributed by atoms with Crippen LogP contribution in [0.5, 0.6) is 0 Å². The van der Waals surface area contributed by atoms with E-state index < -0.39 is 17.8 Å². The zero-order valence-corrected chi connectivity index (χ0v) is 18.6. The lowest BCUT2D eigenvalue weighted by molar-refractivity contribution is -0.146. The van der Waals surface area contributed by atoms with Gasteiger partial charge in [0.1, 0.15) is 10.0 Å². The maximum absolute atomic E-state index is 13.1. The Hall–Kier alpha value is -1.99. The summed E-state index contributed by atoms with van der Waals surface area (Å²) in [5.74, 6) is -2.32. The number of hydrogen-bond acceptors (Lipinski definition) is 5. The van der Waals surface area contributed by atoms with Crippen LogP contribution in [0.15, 0.2) is 17.5 Å². The van der Waals surface area contributed by atoms with Crippen molar-refractivity contribution in [3.63, 3.8) is 0 Å². The number of nitrogens with one attached hydrogen (secondary N) is 1. The number of thiophene rings is 1. The number of amides is 1. The van der Waals surface area contributed by atoms with Gasteiger partial charge in [0.2, 0.25) is 5.91 Å². The minimum absolute atomic E-state index is 0.200. The highest BCUT2D eigenvalue weighted by molar-refractivity contribution is 7.18. The second kappa shape index (κ2) is 7.69. The topological polar surface area (TPSA) is 79.3 Å². The van der Waals surface area contributed by atoms with Crippen LogP contribution in [0.1, 0.15) is 49.2 Å². The summed E-state index contributed by atoms with van der Waals surface area (Å²) in [4.78, 5) is 30.7. The highest BCUT2D eigenvalue weighted by Gasteiger charge is 2.36. The average Bonchev–Trinajstić information content (AvgIpc) is 3.23. The average molecular weight is 431 g/mol. The van der Waals surface area contributed by atoms with Gasteiger partial charge in [-0.1, -0.05) is 26.0 Å². The standard InChI is InChI=1S/C22H26N2O3S2/c1-12-11-28-19(23-12)17-15-8-9-22(2,3)10-16(15)29-20(17)24-18(25)13-6-4-5-7-14(13)21(26)27/h4-5,11,13-14H,6-10H2,1-3H3,(H,24,25)(H,26,27). The van der Waals surface area contributed by atoms with Crippen molar-refractivity contribution in [3.8, 4) is 10.6 Å². The van der Waals surface area contributed by atoms with Crippen molar-refractivity contribution in [2.24, 2.45) is 17.3 Å². The Morgan fingerprint density at radius 3 is 2.62 bits per heavy atom. The van der Waals surface area contributed by atoms with E-state index in [4.69, 9.17) is 0 Å². The van der Waals surface area contributed by atoms with Gasteiger partial charge in [-0.3, -0.25) is 9.59 Å². The van der Waals surface area contributed by atoms with Gasteiger partial charge in [-0.25, -0.2) is 4.98 Å². The molecule has 0 fully saturated rings. The summed E-state index contributed by atoms with van der Waals surface area (Å²) in [6, 6.07) is 0. The molecule has 2 unspecified atom stereocenters. The third-order valence-corrected chi connectivity index (χ3v) is 8.06. The van der Waals surface area contributed by atoms with E-state index in [9.17, 15) is 14.7 Å². The molecule has 0 saturated heterocycles. The maximum Gasteiger partial charge on any atom is 0.307 e. The Kier molecular flexibility index (Phi) is 5.38. The van der Waals surface area contributed by atoms with Crippen LogP contribution < -0.4 is 5.32 Å². The molecular weight excluding hydrogens is 404 g/mol. The second-order valence-electron chi connectivity index (χ2n) is 8.83. The lowest BCUT2D eigenvalue weighted by Crippen LogP contribution is -2.34. The zero-order chi connectivity index (χ0) is 20.8. The van der Waals surface area contributed by atoms with E-state index in [2.05, 4.69) is 24.1 Å². The molecule has 0 radical (unpaired) electrons. The monoisotopic (exact) mass is 430 g/mol. The molecule has 2 atom stereocenters. The number of rotatable bonds is 4. The van der Waals surface area contributed by atoms with Crippen LogP contribution in [0, 0.1) is 24.2 Å². The molecule has 0 saturated carbocycles. The summed E-state index contributed by atoms with van der Waals surface area (Å²) in [6.45, 7) is 6.55. The third-order valence-electron chi connectivity index (χ3n) is 5.94. The first-order chi connectivity index (χ1) is 13.7. The van der Waals surface area contributed by atoms with Crippen LogP contribution in [0.3, 0.4) is 0 Å². The number of hydrogen-bond donors (Lipinski definition) is 2. The lowest BCUT2D eigenvalue weighted by atomic mass is 9.77. The fourth-order valence-electron chi connectivity index (χ4n) is 4.27. The first-order valence-corrected chi connectivity index (χ1v) is 11.7. The lowest BCUT2D eigenvalue weighted by Gasteiger charge is -2.29. The molecule has 2 aliphatic rings. The van der Waals surface area contributed by atoms with Crippen LogP contribution in [0.2, 0.25) is 0 Å². The van der Waals surface area contributed by atoms with Gasteiger partial charge < -0.3 is 10.4 Å². The van der Waals surface area contributed by atoms with Crippen molar-refractivity contribution in [3.05, 3.63) is 33.7 Å². The molecular formula is C22H26N2O3S2. The van der Waals surface area contributed by atoms with Gasteiger partial charge in [0.05, 0.1) is 11.8 Å². The number of aryl methyl sites for hydroxylation is 1. The van der Waals surface area contributed by atoms with E-state index in [1.807, 2.05) is 24.5 Å². The van der Waals surface area contributed by atoms with Gasteiger partial charge in [-0.05, 0) is 50.0 Å². The molecule has 7 heteroatoms. The minimum Gasteiger partial charge on any atom is -0.481 e. The van der Waals surface area contributed by atoms with Crippen molar-refractivity contribution >= 4 is 39.6 Å². The van der Waals surface area contributed by atoms with Gasteiger partial charge in [-0.2, -0.15) is 0 Å². The molecule has 2 heterocycles. The summed E-state index contributed by atoms with van der Waals surface area (Å²) >= 11 is 3.24. The largest absolute Gasteiger partial charge is 0.481 e. The summed E-state index contributed by atoms with van der Waals surface area (Å²) in [7, 11) is 0. The Labute approximate surface area is 178 Å². The number of carbonyl (C=O) groups is 2. The summed E-state index contributed by atoms with van der Waals surface area (Å²) in [5.41, 5.74) is 3.57. The fourth-order valence-corrected chi connectivity index (χ4v) is 6.72. The molecule has 5 nitrogen and oxygen atoms in total. The maximum atomic E-state index is 13.1. The van der Waals surface area contributed by atoms with E-state index in [1.165, 1.54) is 10.4 Å². The number of carboxylic acid groups (broad SMARTS) is 1. The van der Waals surface area contributed by atoms with Crippen LogP contribution in [0.4, 0.5) is 5.00 Å². The molecule has 1 amide bonds. The highest BCUT2D eigenvalue weighted by atomic mass is 32.1. The summed E-state index contributed by atoms with van der Waals surface area (Å²) < 4.78 is 0. The van der Waals surface area contributed by atoms with Gasteiger partial charge in [-0.15, -0.1) is 22.7 Å². The van der Waals surface area contributed by atoms with Crippen LogP contribution in [-0.2, 0) is 22.4 Å². The Balaban J connectivity index is 1.70. The van der Waals surface area contributed by atoms with E-state index in [0.717, 1.165) is 40.5 Å². The number of carboxylic acids is 1. The number of carbonyl (C=O) groups excluding carboxylic acids is 1. The van der Waals surface area contributed by atoms with E-state index >= 15 is 0 Å². The molecule has 0 spiro atoms. The zero-order valence-electron chi connectivity index (χ0n) is 16.9. The number of allylic oxidation sites excluding steroid dienone is 2. The molecule has 2 aromatic rings. The quantitative estimate of drug-likeness (QED) is 0.645. The van der Waals surface area contributed by atoms with Crippen molar-refractivity contribution in [2.45, 2.75) is 52.9 Å². The predicted molar refractivity (Wildman–Crippen MR) is 118 cm³/mol. The van der Waals surface area contributed by atoms with Gasteiger partial charge in [0, 0.05) is 21.5 Å². The van der Waals surface area contributed by atoms with Gasteiger partial charge >= 0.3 is 5.97 Å². The van der Waals surface area contributed by atoms with Gasteiger partial charge in [0.25, 0.3) is 0 Å². The number of fused-ring (bicyclic) bond motifs is 1. The molecule has 2 aliphatic carbocycles. The minimum atomic E-state index is -0.905.